The van der Waals surface area contributed by atoms with Gasteiger partial charge in [-0.05, 0) is 101 Å². The Morgan fingerprint density at radius 2 is 1.40 bits per heavy atom. The average molecular weight is 679 g/mol. The molecule has 14 nitrogen and oxygen atoms in total. The Kier molecular flexibility index (Phi) is 13.3. The van der Waals surface area contributed by atoms with Crippen LogP contribution in [0.2, 0.25) is 0 Å². The van der Waals surface area contributed by atoms with Gasteiger partial charge in [0.25, 0.3) is 0 Å². The van der Waals surface area contributed by atoms with E-state index in [1.54, 1.807) is 107 Å². The molecule has 1 aromatic carbocycles. The van der Waals surface area contributed by atoms with Crippen molar-refractivity contribution >= 4 is 30.2 Å². The third-order valence-electron chi connectivity index (χ3n) is 6.01. The summed E-state index contributed by atoms with van der Waals surface area (Å²) in [6.07, 6.45) is -3.58. The van der Waals surface area contributed by atoms with Gasteiger partial charge >= 0.3 is 24.2 Å². The van der Waals surface area contributed by atoms with Crippen molar-refractivity contribution in [2.75, 3.05) is 32.8 Å². The fourth-order valence-corrected chi connectivity index (χ4v) is 4.18. The number of carbonyl (C=O) groups excluding carboxylic acids is 4. The number of esters is 1. The van der Waals surface area contributed by atoms with Gasteiger partial charge in [-0.25, -0.2) is 29.0 Å². The molecule has 0 fully saturated rings. The van der Waals surface area contributed by atoms with E-state index in [1.807, 2.05) is 0 Å². The number of aliphatic hydroxyl groups is 1. The van der Waals surface area contributed by atoms with E-state index >= 15 is 0 Å². The van der Waals surface area contributed by atoms with Crippen molar-refractivity contribution in [2.45, 2.75) is 118 Å². The highest BCUT2D eigenvalue weighted by Crippen LogP contribution is 2.27. The molecular formula is C34H54N4O10. The summed E-state index contributed by atoms with van der Waals surface area (Å²) in [6.45, 7) is 20.7. The number of ether oxygens (including phenoxy) is 5. The van der Waals surface area contributed by atoms with Crippen molar-refractivity contribution in [1.29, 1.82) is 0 Å². The zero-order chi connectivity index (χ0) is 36.7. The zero-order valence-corrected chi connectivity index (χ0v) is 30.5. The van der Waals surface area contributed by atoms with E-state index in [4.69, 9.17) is 23.7 Å². The maximum absolute atomic E-state index is 13.6. The normalized spacial score (nSPS) is 16.2. The number of aliphatic hydroxyl groups excluding tert-OH is 1. The van der Waals surface area contributed by atoms with Gasteiger partial charge in [-0.15, -0.1) is 0 Å². The minimum Gasteiger partial charge on any atom is -0.490 e. The number of benzene rings is 1. The second-order valence-electron chi connectivity index (χ2n) is 15.4. The molecule has 48 heavy (non-hydrogen) atoms. The number of hydrogen-bond acceptors (Lipinski definition) is 11. The maximum Gasteiger partial charge on any atom is 0.417 e. The maximum atomic E-state index is 13.6. The Bertz CT molecular complexity index is 1300. The van der Waals surface area contributed by atoms with Gasteiger partial charge in [0.15, 0.2) is 6.10 Å². The van der Waals surface area contributed by atoms with Gasteiger partial charge in [0.2, 0.25) is 5.96 Å². The third-order valence-corrected chi connectivity index (χ3v) is 6.01. The number of aliphatic imine (C=N–C) groups is 1. The second-order valence-corrected chi connectivity index (χ2v) is 15.4. The van der Waals surface area contributed by atoms with Gasteiger partial charge in [-0.1, -0.05) is 12.1 Å². The van der Waals surface area contributed by atoms with Gasteiger partial charge in [-0.2, -0.15) is 0 Å². The van der Waals surface area contributed by atoms with Crippen molar-refractivity contribution in [1.82, 2.24) is 15.1 Å². The molecule has 1 aliphatic heterocycles. The SMILES string of the molecule is CC(C)(C)OC(=O)NCCN(C(=O)OC(C)(C)C)C1=NCC(c2ccc(OC[C@@H](O)C(=O)OC(C)(C)C)cc2)CN1C(=O)OC(C)(C)C. The molecule has 1 aliphatic rings. The Balaban J connectivity index is 2.31. The van der Waals surface area contributed by atoms with E-state index in [9.17, 15) is 24.3 Å². The molecule has 2 atom stereocenters. The Hall–Kier alpha value is -4.07. The molecule has 1 heterocycles. The molecule has 2 N–H and O–H groups in total. The predicted molar refractivity (Wildman–Crippen MR) is 179 cm³/mol. The summed E-state index contributed by atoms with van der Waals surface area (Å²) in [5.41, 5.74) is -2.32. The summed E-state index contributed by atoms with van der Waals surface area (Å²) in [6, 6.07) is 6.96. The van der Waals surface area contributed by atoms with Crippen molar-refractivity contribution < 1.29 is 48.0 Å². The van der Waals surface area contributed by atoms with Gasteiger partial charge < -0.3 is 34.1 Å². The molecule has 1 aromatic rings. The van der Waals surface area contributed by atoms with Crippen LogP contribution in [0.15, 0.2) is 29.3 Å². The van der Waals surface area contributed by atoms with Crippen LogP contribution in [0.5, 0.6) is 5.75 Å². The number of hydrogen-bond donors (Lipinski definition) is 2. The van der Waals surface area contributed by atoms with Crippen LogP contribution < -0.4 is 10.1 Å². The highest BCUT2D eigenvalue weighted by Gasteiger charge is 2.38. The number of amides is 3. The predicted octanol–water partition coefficient (Wildman–Crippen LogP) is 5.22. The molecule has 1 unspecified atom stereocenters. The number of guanidine groups is 1. The third kappa shape index (κ3) is 14.4. The lowest BCUT2D eigenvalue weighted by molar-refractivity contribution is -0.166. The van der Waals surface area contributed by atoms with Gasteiger partial charge in [0.05, 0.1) is 6.54 Å². The minimum atomic E-state index is -1.45. The van der Waals surface area contributed by atoms with Crippen LogP contribution in [0.4, 0.5) is 14.4 Å². The number of rotatable bonds is 8. The van der Waals surface area contributed by atoms with Crippen LogP contribution >= 0.6 is 0 Å². The first-order chi connectivity index (χ1) is 21.8. The summed E-state index contributed by atoms with van der Waals surface area (Å²) < 4.78 is 27.4. The molecule has 0 aliphatic carbocycles. The van der Waals surface area contributed by atoms with E-state index in [0.717, 1.165) is 5.56 Å². The Morgan fingerprint density at radius 1 is 0.854 bits per heavy atom. The molecule has 270 valence electrons. The lowest BCUT2D eigenvalue weighted by Crippen LogP contribution is -2.56. The molecule has 3 amide bonds. The topological polar surface area (TPSA) is 166 Å². The second kappa shape index (κ2) is 15.9. The fourth-order valence-electron chi connectivity index (χ4n) is 4.18. The molecule has 0 spiro atoms. The quantitative estimate of drug-likeness (QED) is 0.275. The first-order valence-corrected chi connectivity index (χ1v) is 16.0. The van der Waals surface area contributed by atoms with E-state index in [2.05, 4.69) is 10.3 Å². The number of nitrogens with zero attached hydrogens (tertiary/aromatic N) is 3. The summed E-state index contributed by atoms with van der Waals surface area (Å²) >= 11 is 0. The number of nitrogens with one attached hydrogen (secondary N) is 1. The van der Waals surface area contributed by atoms with E-state index in [-0.39, 0.29) is 44.7 Å². The smallest absolute Gasteiger partial charge is 0.417 e. The van der Waals surface area contributed by atoms with E-state index in [0.29, 0.717) is 5.75 Å². The highest BCUT2D eigenvalue weighted by molar-refractivity contribution is 6.02. The highest BCUT2D eigenvalue weighted by atomic mass is 16.6. The summed E-state index contributed by atoms with van der Waals surface area (Å²) in [4.78, 5) is 58.6. The fraction of sp³-hybridized carbons (Fsp3) is 0.676. The molecule has 14 heteroatoms. The number of carbonyl (C=O) groups is 4. The first kappa shape index (κ1) is 40.1. The molecule has 0 saturated heterocycles. The Morgan fingerprint density at radius 3 is 1.92 bits per heavy atom. The van der Waals surface area contributed by atoms with Gasteiger partial charge in [-0.3, -0.25) is 4.99 Å². The number of alkyl carbamates (subject to hydrolysis) is 1. The van der Waals surface area contributed by atoms with Crippen LogP contribution in [0, 0.1) is 0 Å². The van der Waals surface area contributed by atoms with Crippen molar-refractivity contribution in [3.63, 3.8) is 0 Å². The van der Waals surface area contributed by atoms with E-state index < -0.39 is 52.8 Å². The van der Waals surface area contributed by atoms with Crippen molar-refractivity contribution in [3.8, 4) is 5.75 Å². The Labute approximate surface area is 284 Å². The van der Waals surface area contributed by atoms with Gasteiger partial charge in [0.1, 0.15) is 34.8 Å². The van der Waals surface area contributed by atoms with Crippen molar-refractivity contribution in [3.05, 3.63) is 29.8 Å². The van der Waals surface area contributed by atoms with Crippen LogP contribution in [-0.4, -0.2) is 106 Å². The van der Waals surface area contributed by atoms with Crippen LogP contribution in [0.3, 0.4) is 0 Å². The van der Waals surface area contributed by atoms with Crippen LogP contribution in [0.1, 0.15) is 94.6 Å². The lowest BCUT2D eigenvalue weighted by Gasteiger charge is -2.38. The first-order valence-electron chi connectivity index (χ1n) is 16.0. The summed E-state index contributed by atoms with van der Waals surface area (Å²) in [5.74, 6) is -0.628. The molecule has 0 aromatic heterocycles. The molecule has 2 rings (SSSR count). The molecule has 0 bridgehead atoms. The monoisotopic (exact) mass is 678 g/mol. The lowest BCUT2D eigenvalue weighted by atomic mass is 9.97. The summed E-state index contributed by atoms with van der Waals surface area (Å²) in [5, 5.41) is 12.8. The minimum absolute atomic E-state index is 0.0111. The standard InChI is InChI=1S/C34H54N4O10/c1-31(2,3)45-26(40)25(39)21-44-24-15-13-22(14-16-24)23-19-36-27(38(20-23)30(43)48-34(10,11)12)37(29(42)47-33(7,8)9)18-17-35-28(41)46-32(4,5)6/h13-16,23,25,39H,17-21H2,1-12H3,(H,35,41)/t23?,25-/m1/s1. The van der Waals surface area contributed by atoms with Crippen molar-refractivity contribution in [2.24, 2.45) is 4.99 Å². The zero-order valence-electron chi connectivity index (χ0n) is 30.5. The van der Waals surface area contributed by atoms with Crippen LogP contribution in [-0.2, 0) is 23.7 Å². The molecular weight excluding hydrogens is 624 g/mol. The van der Waals surface area contributed by atoms with Gasteiger partial charge in [0, 0.05) is 25.6 Å². The largest absolute Gasteiger partial charge is 0.490 e. The molecule has 0 radical (unpaired) electrons. The summed E-state index contributed by atoms with van der Waals surface area (Å²) in [7, 11) is 0. The molecule has 0 saturated carbocycles. The van der Waals surface area contributed by atoms with Crippen LogP contribution in [0.25, 0.3) is 0 Å². The average Bonchev–Trinajstić information content (AvgIpc) is 2.90. The van der Waals surface area contributed by atoms with E-state index in [1.165, 1.54) is 9.80 Å².